The van der Waals surface area contributed by atoms with Crippen molar-refractivity contribution in [2.24, 2.45) is 5.73 Å². The van der Waals surface area contributed by atoms with E-state index in [9.17, 15) is 5.11 Å². The molecule has 15 heavy (non-hydrogen) atoms. The quantitative estimate of drug-likeness (QED) is 0.662. The number of nitrogens with two attached hydrogens (primary N) is 1. The summed E-state index contributed by atoms with van der Waals surface area (Å²) in [5.74, 6) is 0. The zero-order valence-electron chi connectivity index (χ0n) is 10.1. The summed E-state index contributed by atoms with van der Waals surface area (Å²) in [6.07, 6.45) is 1.22. The smallest absolute Gasteiger partial charge is 0.0867 e. The molecule has 90 valence electrons. The molecule has 0 bridgehead atoms. The van der Waals surface area contributed by atoms with Gasteiger partial charge in [0.25, 0.3) is 0 Å². The molecule has 1 unspecified atom stereocenters. The molecule has 0 aromatic carbocycles. The molecule has 4 nitrogen and oxygen atoms in total. The third kappa shape index (κ3) is 4.47. The van der Waals surface area contributed by atoms with Crippen LogP contribution in [-0.2, 0) is 0 Å². The summed E-state index contributed by atoms with van der Waals surface area (Å²) in [5.41, 5.74) is 4.78. The summed E-state index contributed by atoms with van der Waals surface area (Å²) >= 11 is 0. The van der Waals surface area contributed by atoms with Gasteiger partial charge in [-0.15, -0.1) is 0 Å². The molecule has 0 aromatic heterocycles. The average Bonchev–Trinajstić information content (AvgIpc) is 2.21. The van der Waals surface area contributed by atoms with E-state index in [1.165, 1.54) is 13.0 Å². The van der Waals surface area contributed by atoms with Crippen molar-refractivity contribution in [3.63, 3.8) is 0 Å². The fourth-order valence-electron chi connectivity index (χ4n) is 2.03. The SMILES string of the molecule is CCCN1CCN(CC(C)(O)CN)CC1. The minimum absolute atomic E-state index is 0.335. The van der Waals surface area contributed by atoms with Gasteiger partial charge in [-0.3, -0.25) is 4.90 Å². The van der Waals surface area contributed by atoms with Gasteiger partial charge in [-0.25, -0.2) is 0 Å². The standard InChI is InChI=1S/C11H25N3O/c1-3-4-13-5-7-14(8-6-13)10-11(2,15)9-12/h15H,3-10,12H2,1-2H3. The number of nitrogens with zero attached hydrogens (tertiary/aromatic N) is 2. The predicted molar refractivity (Wildman–Crippen MR) is 62.8 cm³/mol. The molecule has 0 saturated carbocycles. The minimum atomic E-state index is -0.729. The van der Waals surface area contributed by atoms with Crippen LogP contribution in [0.5, 0.6) is 0 Å². The van der Waals surface area contributed by atoms with E-state index in [0.29, 0.717) is 13.1 Å². The van der Waals surface area contributed by atoms with Crippen molar-refractivity contribution in [3.8, 4) is 0 Å². The summed E-state index contributed by atoms with van der Waals surface area (Å²) in [6, 6.07) is 0. The van der Waals surface area contributed by atoms with Crippen LogP contribution in [0.1, 0.15) is 20.3 Å². The lowest BCUT2D eigenvalue weighted by atomic mass is 10.1. The van der Waals surface area contributed by atoms with Crippen molar-refractivity contribution < 1.29 is 5.11 Å². The van der Waals surface area contributed by atoms with Crippen molar-refractivity contribution in [3.05, 3.63) is 0 Å². The van der Waals surface area contributed by atoms with E-state index < -0.39 is 5.60 Å². The molecule has 4 heteroatoms. The molecular formula is C11H25N3O. The first kappa shape index (κ1) is 12.9. The highest BCUT2D eigenvalue weighted by molar-refractivity contribution is 4.81. The lowest BCUT2D eigenvalue weighted by Crippen LogP contribution is -2.53. The summed E-state index contributed by atoms with van der Waals surface area (Å²) in [4.78, 5) is 4.78. The highest BCUT2D eigenvalue weighted by atomic mass is 16.3. The van der Waals surface area contributed by atoms with Gasteiger partial charge in [0, 0.05) is 39.3 Å². The van der Waals surface area contributed by atoms with Crippen molar-refractivity contribution in [1.82, 2.24) is 9.80 Å². The van der Waals surface area contributed by atoms with Crippen molar-refractivity contribution in [1.29, 1.82) is 0 Å². The lowest BCUT2D eigenvalue weighted by Gasteiger charge is -2.37. The van der Waals surface area contributed by atoms with E-state index in [0.717, 1.165) is 26.2 Å². The molecule has 0 spiro atoms. The summed E-state index contributed by atoms with van der Waals surface area (Å²) in [6.45, 7) is 10.6. The van der Waals surface area contributed by atoms with Gasteiger partial charge in [-0.05, 0) is 19.9 Å². The molecule has 1 fully saturated rings. The van der Waals surface area contributed by atoms with Gasteiger partial charge in [0.05, 0.1) is 5.60 Å². The van der Waals surface area contributed by atoms with Crippen molar-refractivity contribution >= 4 is 0 Å². The van der Waals surface area contributed by atoms with Crippen LogP contribution < -0.4 is 5.73 Å². The Hall–Kier alpha value is -0.160. The van der Waals surface area contributed by atoms with Crippen LogP contribution in [0.25, 0.3) is 0 Å². The molecule has 3 N–H and O–H groups in total. The summed E-state index contributed by atoms with van der Waals surface area (Å²) < 4.78 is 0. The number of hydrogen-bond acceptors (Lipinski definition) is 4. The molecule has 1 atom stereocenters. The minimum Gasteiger partial charge on any atom is -0.388 e. The van der Waals surface area contributed by atoms with Crippen LogP contribution in [0.15, 0.2) is 0 Å². The van der Waals surface area contributed by atoms with Crippen LogP contribution in [-0.4, -0.2) is 66.3 Å². The largest absolute Gasteiger partial charge is 0.388 e. The second-order valence-electron chi connectivity index (χ2n) is 4.82. The molecule has 0 radical (unpaired) electrons. The third-order valence-electron chi connectivity index (χ3n) is 3.01. The van der Waals surface area contributed by atoms with Crippen molar-refractivity contribution in [2.45, 2.75) is 25.9 Å². The number of hydrogen-bond donors (Lipinski definition) is 2. The van der Waals surface area contributed by atoms with Crippen LogP contribution >= 0.6 is 0 Å². The van der Waals surface area contributed by atoms with E-state index in [1.54, 1.807) is 0 Å². The van der Waals surface area contributed by atoms with Crippen molar-refractivity contribution in [2.75, 3.05) is 45.8 Å². The van der Waals surface area contributed by atoms with Crippen LogP contribution in [0.2, 0.25) is 0 Å². The first-order valence-corrected chi connectivity index (χ1v) is 5.94. The van der Waals surface area contributed by atoms with E-state index in [-0.39, 0.29) is 0 Å². The van der Waals surface area contributed by atoms with E-state index in [2.05, 4.69) is 16.7 Å². The molecule has 0 aromatic rings. The Bertz CT molecular complexity index is 177. The van der Waals surface area contributed by atoms with Gasteiger partial charge in [0.15, 0.2) is 0 Å². The van der Waals surface area contributed by atoms with E-state index in [1.807, 2.05) is 6.92 Å². The lowest BCUT2D eigenvalue weighted by molar-refractivity contribution is 0.0107. The first-order chi connectivity index (χ1) is 7.07. The fourth-order valence-corrected chi connectivity index (χ4v) is 2.03. The maximum atomic E-state index is 9.86. The van der Waals surface area contributed by atoms with Gasteiger partial charge in [0.1, 0.15) is 0 Å². The summed E-state index contributed by atoms with van der Waals surface area (Å²) in [5, 5.41) is 9.86. The average molecular weight is 215 g/mol. The second kappa shape index (κ2) is 5.80. The number of β-amino-alcohol motifs (C(OH)–C–C–N with tert-alkyl or cyclic N) is 1. The van der Waals surface area contributed by atoms with Crippen LogP contribution in [0, 0.1) is 0 Å². The van der Waals surface area contributed by atoms with E-state index >= 15 is 0 Å². The molecule has 1 heterocycles. The number of piperazine rings is 1. The van der Waals surface area contributed by atoms with Gasteiger partial charge in [-0.2, -0.15) is 0 Å². The number of aliphatic hydroxyl groups is 1. The highest BCUT2D eigenvalue weighted by Gasteiger charge is 2.24. The fraction of sp³-hybridized carbons (Fsp3) is 1.00. The Morgan fingerprint density at radius 3 is 2.20 bits per heavy atom. The topological polar surface area (TPSA) is 52.7 Å². The number of rotatable bonds is 5. The highest BCUT2D eigenvalue weighted by Crippen LogP contribution is 2.08. The zero-order valence-corrected chi connectivity index (χ0v) is 10.1. The maximum Gasteiger partial charge on any atom is 0.0867 e. The normalized spacial score (nSPS) is 24.0. The van der Waals surface area contributed by atoms with Crippen LogP contribution in [0.4, 0.5) is 0 Å². The predicted octanol–water partition coefficient (Wildman–Crippen LogP) is -0.276. The molecule has 1 rings (SSSR count). The Balaban J connectivity index is 2.25. The Morgan fingerprint density at radius 1 is 1.20 bits per heavy atom. The van der Waals surface area contributed by atoms with E-state index in [4.69, 9.17) is 5.73 Å². The molecular weight excluding hydrogens is 190 g/mol. The molecule has 0 aliphatic carbocycles. The van der Waals surface area contributed by atoms with Crippen LogP contribution in [0.3, 0.4) is 0 Å². The first-order valence-electron chi connectivity index (χ1n) is 5.94. The zero-order chi connectivity index (χ0) is 11.3. The Kier molecular flexibility index (Phi) is 4.99. The van der Waals surface area contributed by atoms with Gasteiger partial charge < -0.3 is 15.7 Å². The van der Waals surface area contributed by atoms with Gasteiger partial charge in [-0.1, -0.05) is 6.92 Å². The van der Waals surface area contributed by atoms with Gasteiger partial charge in [0.2, 0.25) is 0 Å². The van der Waals surface area contributed by atoms with Gasteiger partial charge >= 0.3 is 0 Å². The monoisotopic (exact) mass is 215 g/mol. The Morgan fingerprint density at radius 2 is 1.73 bits per heavy atom. The Labute approximate surface area is 93.0 Å². The second-order valence-corrected chi connectivity index (χ2v) is 4.82. The maximum absolute atomic E-state index is 9.86. The molecule has 1 saturated heterocycles. The third-order valence-corrected chi connectivity index (χ3v) is 3.01. The molecule has 1 aliphatic heterocycles. The summed E-state index contributed by atoms with van der Waals surface area (Å²) in [7, 11) is 0. The molecule has 0 amide bonds. The molecule has 1 aliphatic rings.